The summed E-state index contributed by atoms with van der Waals surface area (Å²) >= 11 is 0. The fourth-order valence-corrected chi connectivity index (χ4v) is 4.89. The molecular formula is C15H24O5. The normalized spacial score (nSPS) is 61.8. The van der Waals surface area contributed by atoms with Gasteiger partial charge in [0.05, 0.1) is 0 Å². The molecule has 8 atom stereocenters. The molecule has 0 radical (unpaired) electrons. The monoisotopic (exact) mass is 284 g/mol. The van der Waals surface area contributed by atoms with E-state index in [4.69, 9.17) is 19.2 Å². The zero-order valence-corrected chi connectivity index (χ0v) is 12.4. The predicted octanol–water partition coefficient (Wildman–Crippen LogP) is 2.19. The highest BCUT2D eigenvalue weighted by molar-refractivity contribution is 5.08. The van der Waals surface area contributed by atoms with Crippen molar-refractivity contribution in [1.82, 2.24) is 0 Å². The molecule has 0 amide bonds. The first-order chi connectivity index (χ1) is 9.46. The van der Waals surface area contributed by atoms with E-state index in [0.717, 1.165) is 19.3 Å². The highest BCUT2D eigenvalue weighted by Gasteiger charge is 2.69. The lowest BCUT2D eigenvalue weighted by Crippen LogP contribution is -2.70. The number of hydrogen-bond donors (Lipinski definition) is 1. The Kier molecular flexibility index (Phi) is 2.81. The summed E-state index contributed by atoms with van der Waals surface area (Å²) in [6, 6.07) is 0. The van der Waals surface area contributed by atoms with E-state index in [0.29, 0.717) is 11.8 Å². The molecule has 5 rings (SSSR count). The van der Waals surface area contributed by atoms with Gasteiger partial charge in [-0.1, -0.05) is 13.8 Å². The van der Waals surface area contributed by atoms with Gasteiger partial charge in [0.25, 0.3) is 0 Å². The standard InChI is InChI=1S/C15H24O5/c1-8-4-5-11-9(2)12(16)17-13-15(11)10(8)6-7-14(3,18-13)19-20-15/h8-13,16H,4-7H2,1-3H3/t8?,9?,10?,11?,12?,13?,14-,15+/m1/s1. The Hall–Kier alpha value is -0.200. The third-order valence-corrected chi connectivity index (χ3v) is 6.12. The van der Waals surface area contributed by atoms with Crippen molar-refractivity contribution in [3.05, 3.63) is 0 Å². The zero-order valence-electron chi connectivity index (χ0n) is 12.4. The molecule has 1 N–H and O–H groups in total. The summed E-state index contributed by atoms with van der Waals surface area (Å²) in [4.78, 5) is 11.6. The first-order valence-corrected chi connectivity index (χ1v) is 7.84. The van der Waals surface area contributed by atoms with Crippen molar-refractivity contribution in [1.29, 1.82) is 0 Å². The Balaban J connectivity index is 1.82. The van der Waals surface area contributed by atoms with Gasteiger partial charge in [0, 0.05) is 18.3 Å². The van der Waals surface area contributed by atoms with E-state index in [1.54, 1.807) is 0 Å². The third-order valence-electron chi connectivity index (χ3n) is 6.12. The van der Waals surface area contributed by atoms with Crippen molar-refractivity contribution in [2.24, 2.45) is 23.7 Å². The van der Waals surface area contributed by atoms with Gasteiger partial charge < -0.3 is 14.6 Å². The molecule has 6 unspecified atom stereocenters. The summed E-state index contributed by atoms with van der Waals surface area (Å²) < 4.78 is 11.9. The fourth-order valence-electron chi connectivity index (χ4n) is 4.89. The maximum absolute atomic E-state index is 10.2. The van der Waals surface area contributed by atoms with Gasteiger partial charge >= 0.3 is 0 Å². The lowest BCUT2D eigenvalue weighted by atomic mass is 9.58. The number of rotatable bonds is 0. The molecule has 4 aliphatic heterocycles. The molecule has 0 aromatic carbocycles. The molecule has 2 bridgehead atoms. The number of fused-ring (bicyclic) bond motifs is 2. The van der Waals surface area contributed by atoms with Gasteiger partial charge in [-0.15, -0.1) is 0 Å². The highest BCUT2D eigenvalue weighted by Crippen LogP contribution is 2.60. The summed E-state index contributed by atoms with van der Waals surface area (Å²) in [7, 11) is 0. The second kappa shape index (κ2) is 4.17. The Morgan fingerprint density at radius 1 is 1.05 bits per heavy atom. The minimum Gasteiger partial charge on any atom is -0.368 e. The predicted molar refractivity (Wildman–Crippen MR) is 69.0 cm³/mol. The molecular weight excluding hydrogens is 260 g/mol. The van der Waals surface area contributed by atoms with Gasteiger partial charge in [0.1, 0.15) is 0 Å². The minimum atomic E-state index is -0.781. The average molecular weight is 284 g/mol. The van der Waals surface area contributed by atoms with Crippen molar-refractivity contribution in [3.63, 3.8) is 0 Å². The van der Waals surface area contributed by atoms with Gasteiger partial charge in [-0.3, -0.25) is 0 Å². The number of aliphatic hydroxyl groups excluding tert-OH is 1. The quantitative estimate of drug-likeness (QED) is 0.691. The summed E-state index contributed by atoms with van der Waals surface area (Å²) in [5, 5.41) is 10.2. The van der Waals surface area contributed by atoms with Crippen molar-refractivity contribution >= 4 is 0 Å². The molecule has 1 aliphatic carbocycles. The lowest BCUT2D eigenvalue weighted by Gasteiger charge is -2.59. The van der Waals surface area contributed by atoms with Crippen LogP contribution >= 0.6 is 0 Å². The second-order valence-electron chi connectivity index (χ2n) is 7.30. The van der Waals surface area contributed by atoms with Crippen LogP contribution in [0.2, 0.25) is 0 Å². The Morgan fingerprint density at radius 2 is 1.85 bits per heavy atom. The molecule has 5 aliphatic rings. The van der Waals surface area contributed by atoms with E-state index in [-0.39, 0.29) is 11.8 Å². The van der Waals surface area contributed by atoms with E-state index in [1.807, 2.05) is 13.8 Å². The van der Waals surface area contributed by atoms with Gasteiger partial charge in [-0.05, 0) is 38.0 Å². The minimum absolute atomic E-state index is 0.0379. The van der Waals surface area contributed by atoms with Crippen LogP contribution in [0.1, 0.15) is 46.5 Å². The molecule has 1 spiro atoms. The lowest BCUT2D eigenvalue weighted by molar-refractivity contribution is -0.576. The zero-order chi connectivity index (χ0) is 14.1. The van der Waals surface area contributed by atoms with Crippen LogP contribution in [0.3, 0.4) is 0 Å². The van der Waals surface area contributed by atoms with Crippen LogP contribution in [-0.4, -0.2) is 29.1 Å². The Morgan fingerprint density at radius 3 is 2.65 bits per heavy atom. The first kappa shape index (κ1) is 13.5. The number of ether oxygens (including phenoxy) is 2. The van der Waals surface area contributed by atoms with E-state index in [2.05, 4.69) is 6.92 Å². The SMILES string of the molecule is CC1CCC2C(C)C(O)OC3O[C@@]4(C)CCC1[C@@]32OO4. The molecule has 0 aromatic heterocycles. The van der Waals surface area contributed by atoms with Crippen LogP contribution < -0.4 is 0 Å². The summed E-state index contributed by atoms with van der Waals surface area (Å²) in [5.74, 6) is 0.437. The van der Waals surface area contributed by atoms with E-state index in [9.17, 15) is 5.11 Å². The molecule has 5 heteroatoms. The van der Waals surface area contributed by atoms with Crippen LogP contribution in [0.25, 0.3) is 0 Å². The molecule has 5 nitrogen and oxygen atoms in total. The highest BCUT2D eigenvalue weighted by atomic mass is 17.3. The Labute approximate surface area is 119 Å². The van der Waals surface area contributed by atoms with E-state index < -0.39 is 24.0 Å². The van der Waals surface area contributed by atoms with Crippen LogP contribution in [-0.2, 0) is 19.2 Å². The topological polar surface area (TPSA) is 57.2 Å². The van der Waals surface area contributed by atoms with Crippen molar-refractivity contribution in [2.75, 3.05) is 0 Å². The average Bonchev–Trinajstić information content (AvgIpc) is 2.63. The molecule has 4 saturated heterocycles. The summed E-state index contributed by atoms with van der Waals surface area (Å²) in [6.07, 6.45) is 2.72. The summed E-state index contributed by atoms with van der Waals surface area (Å²) in [5.41, 5.74) is -0.549. The van der Waals surface area contributed by atoms with Crippen molar-refractivity contribution < 1.29 is 24.4 Å². The molecule has 20 heavy (non-hydrogen) atoms. The maximum atomic E-state index is 10.2. The van der Waals surface area contributed by atoms with Gasteiger partial charge in [-0.25, -0.2) is 9.78 Å². The smallest absolute Gasteiger partial charge is 0.201 e. The molecule has 114 valence electrons. The van der Waals surface area contributed by atoms with E-state index >= 15 is 0 Å². The summed E-state index contributed by atoms with van der Waals surface area (Å²) in [6.45, 7) is 6.22. The maximum Gasteiger partial charge on any atom is 0.201 e. The molecule has 5 fully saturated rings. The van der Waals surface area contributed by atoms with Crippen LogP contribution in [0.15, 0.2) is 0 Å². The third kappa shape index (κ3) is 1.56. The molecule has 4 heterocycles. The van der Waals surface area contributed by atoms with Crippen LogP contribution in [0.4, 0.5) is 0 Å². The second-order valence-corrected chi connectivity index (χ2v) is 7.30. The fraction of sp³-hybridized carbons (Fsp3) is 1.00. The van der Waals surface area contributed by atoms with Crippen LogP contribution in [0.5, 0.6) is 0 Å². The van der Waals surface area contributed by atoms with Gasteiger partial charge in [0.2, 0.25) is 5.79 Å². The van der Waals surface area contributed by atoms with E-state index in [1.165, 1.54) is 6.42 Å². The van der Waals surface area contributed by atoms with Gasteiger partial charge in [0.15, 0.2) is 18.2 Å². The Bertz CT molecular complexity index is 411. The number of hydrogen-bond acceptors (Lipinski definition) is 5. The number of aliphatic hydroxyl groups is 1. The largest absolute Gasteiger partial charge is 0.368 e. The van der Waals surface area contributed by atoms with Crippen LogP contribution in [0, 0.1) is 23.7 Å². The molecule has 0 aromatic rings. The molecule has 1 saturated carbocycles. The first-order valence-electron chi connectivity index (χ1n) is 7.84. The van der Waals surface area contributed by atoms with Crippen molar-refractivity contribution in [2.45, 2.75) is 70.4 Å². The van der Waals surface area contributed by atoms with Gasteiger partial charge in [-0.2, -0.15) is 0 Å². The van der Waals surface area contributed by atoms with Crippen molar-refractivity contribution in [3.8, 4) is 0 Å².